The molecule has 0 aliphatic heterocycles. The SMILES string of the molecule is CCNC(=O)CNCCOc1ccccc1. The third-order valence-corrected chi connectivity index (χ3v) is 1.95. The normalized spacial score (nSPS) is 9.81. The Morgan fingerprint density at radius 3 is 2.75 bits per heavy atom. The third-order valence-electron chi connectivity index (χ3n) is 1.95. The van der Waals surface area contributed by atoms with E-state index in [4.69, 9.17) is 4.74 Å². The van der Waals surface area contributed by atoms with E-state index in [2.05, 4.69) is 10.6 Å². The first-order chi connectivity index (χ1) is 7.83. The van der Waals surface area contributed by atoms with E-state index in [1.54, 1.807) is 0 Å². The van der Waals surface area contributed by atoms with Crippen molar-refractivity contribution in [1.29, 1.82) is 0 Å². The van der Waals surface area contributed by atoms with Gasteiger partial charge in [0.25, 0.3) is 0 Å². The molecule has 0 saturated heterocycles. The van der Waals surface area contributed by atoms with Gasteiger partial charge in [0, 0.05) is 13.1 Å². The molecule has 0 unspecified atom stereocenters. The molecule has 4 heteroatoms. The molecule has 1 aromatic carbocycles. The van der Waals surface area contributed by atoms with Gasteiger partial charge in [-0.05, 0) is 19.1 Å². The van der Waals surface area contributed by atoms with Crippen LogP contribution in [0, 0.1) is 0 Å². The second-order valence-electron chi connectivity index (χ2n) is 3.29. The molecule has 2 N–H and O–H groups in total. The zero-order valence-corrected chi connectivity index (χ0v) is 9.53. The van der Waals surface area contributed by atoms with E-state index in [0.717, 1.165) is 5.75 Å². The molecule has 0 aliphatic carbocycles. The van der Waals surface area contributed by atoms with Gasteiger partial charge in [-0.2, -0.15) is 0 Å². The first-order valence-corrected chi connectivity index (χ1v) is 5.48. The van der Waals surface area contributed by atoms with Gasteiger partial charge in [0.15, 0.2) is 0 Å². The van der Waals surface area contributed by atoms with Crippen molar-refractivity contribution in [3.8, 4) is 5.75 Å². The molecular weight excluding hydrogens is 204 g/mol. The highest BCUT2D eigenvalue weighted by atomic mass is 16.5. The van der Waals surface area contributed by atoms with Crippen LogP contribution in [0.25, 0.3) is 0 Å². The molecule has 0 spiro atoms. The summed E-state index contributed by atoms with van der Waals surface area (Å²) in [6.45, 7) is 4.12. The van der Waals surface area contributed by atoms with Gasteiger partial charge < -0.3 is 15.4 Å². The molecular formula is C12H18N2O2. The Labute approximate surface area is 96.0 Å². The number of nitrogens with one attached hydrogen (secondary N) is 2. The average Bonchev–Trinajstić information content (AvgIpc) is 2.30. The van der Waals surface area contributed by atoms with Gasteiger partial charge in [-0.3, -0.25) is 4.79 Å². The summed E-state index contributed by atoms with van der Waals surface area (Å²) >= 11 is 0. The summed E-state index contributed by atoms with van der Waals surface area (Å²) in [5.41, 5.74) is 0. The van der Waals surface area contributed by atoms with Gasteiger partial charge in [-0.15, -0.1) is 0 Å². The summed E-state index contributed by atoms with van der Waals surface area (Å²) in [6.07, 6.45) is 0. The molecule has 88 valence electrons. The summed E-state index contributed by atoms with van der Waals surface area (Å²) in [4.78, 5) is 11.1. The number of amides is 1. The van der Waals surface area contributed by atoms with Crippen LogP contribution in [0.15, 0.2) is 30.3 Å². The molecule has 0 atom stereocenters. The summed E-state index contributed by atoms with van der Waals surface area (Å²) in [5, 5.41) is 5.72. The van der Waals surface area contributed by atoms with Crippen LogP contribution in [0.3, 0.4) is 0 Å². The molecule has 0 radical (unpaired) electrons. The highest BCUT2D eigenvalue weighted by molar-refractivity contribution is 5.77. The minimum absolute atomic E-state index is 0.0159. The molecule has 0 aliphatic rings. The fourth-order valence-electron chi connectivity index (χ4n) is 1.22. The van der Waals surface area contributed by atoms with Gasteiger partial charge in [-0.25, -0.2) is 0 Å². The highest BCUT2D eigenvalue weighted by Gasteiger charge is 1.97. The average molecular weight is 222 g/mol. The van der Waals surface area contributed by atoms with Crippen LogP contribution in [-0.2, 0) is 4.79 Å². The predicted octanol–water partition coefficient (Wildman–Crippen LogP) is 0.791. The molecule has 16 heavy (non-hydrogen) atoms. The number of benzene rings is 1. The van der Waals surface area contributed by atoms with Crippen molar-refractivity contribution < 1.29 is 9.53 Å². The molecule has 1 rings (SSSR count). The van der Waals surface area contributed by atoms with Gasteiger partial charge in [0.1, 0.15) is 12.4 Å². The number of ether oxygens (including phenoxy) is 1. The minimum Gasteiger partial charge on any atom is -0.492 e. The van der Waals surface area contributed by atoms with Crippen LogP contribution in [0.4, 0.5) is 0 Å². The lowest BCUT2D eigenvalue weighted by atomic mass is 10.3. The molecule has 0 heterocycles. The van der Waals surface area contributed by atoms with Crippen LogP contribution in [0.1, 0.15) is 6.92 Å². The Morgan fingerprint density at radius 2 is 2.06 bits per heavy atom. The quantitative estimate of drug-likeness (QED) is 0.671. The van der Waals surface area contributed by atoms with Crippen LogP contribution >= 0.6 is 0 Å². The molecule has 1 amide bonds. The van der Waals surface area contributed by atoms with Gasteiger partial charge in [0.05, 0.1) is 6.54 Å². The number of carbonyl (C=O) groups is 1. The molecule has 0 aromatic heterocycles. The maximum Gasteiger partial charge on any atom is 0.233 e. The van der Waals surface area contributed by atoms with Crippen LogP contribution in [0.2, 0.25) is 0 Å². The smallest absolute Gasteiger partial charge is 0.233 e. The lowest BCUT2D eigenvalue weighted by Gasteiger charge is -2.07. The van der Waals surface area contributed by atoms with Crippen LogP contribution in [-0.4, -0.2) is 32.1 Å². The van der Waals surface area contributed by atoms with E-state index in [1.165, 1.54) is 0 Å². The highest BCUT2D eigenvalue weighted by Crippen LogP contribution is 2.07. The lowest BCUT2D eigenvalue weighted by molar-refractivity contribution is -0.120. The largest absolute Gasteiger partial charge is 0.492 e. The van der Waals surface area contributed by atoms with Crippen LogP contribution < -0.4 is 15.4 Å². The molecule has 0 saturated carbocycles. The minimum atomic E-state index is 0.0159. The second-order valence-corrected chi connectivity index (χ2v) is 3.29. The Balaban J connectivity index is 2.02. The van der Waals surface area contributed by atoms with E-state index in [0.29, 0.717) is 26.2 Å². The summed E-state index contributed by atoms with van der Waals surface area (Å²) in [5.74, 6) is 0.865. The van der Waals surface area contributed by atoms with Crippen LogP contribution in [0.5, 0.6) is 5.75 Å². The van der Waals surface area contributed by atoms with Crippen molar-refractivity contribution >= 4 is 5.91 Å². The Hall–Kier alpha value is -1.55. The zero-order valence-electron chi connectivity index (χ0n) is 9.53. The van der Waals surface area contributed by atoms with E-state index >= 15 is 0 Å². The third kappa shape index (κ3) is 5.36. The van der Waals surface area contributed by atoms with Gasteiger partial charge >= 0.3 is 0 Å². The number of carbonyl (C=O) groups excluding carboxylic acids is 1. The summed E-state index contributed by atoms with van der Waals surface area (Å²) < 4.78 is 5.45. The topological polar surface area (TPSA) is 50.4 Å². The van der Waals surface area contributed by atoms with Crippen molar-refractivity contribution in [1.82, 2.24) is 10.6 Å². The number of hydrogen-bond acceptors (Lipinski definition) is 3. The van der Waals surface area contributed by atoms with E-state index < -0.39 is 0 Å². The van der Waals surface area contributed by atoms with Crippen molar-refractivity contribution in [2.75, 3.05) is 26.2 Å². The fraction of sp³-hybridized carbons (Fsp3) is 0.417. The number of para-hydroxylation sites is 1. The van der Waals surface area contributed by atoms with E-state index in [-0.39, 0.29) is 5.91 Å². The maximum absolute atomic E-state index is 11.1. The number of hydrogen-bond donors (Lipinski definition) is 2. The van der Waals surface area contributed by atoms with Gasteiger partial charge in [-0.1, -0.05) is 18.2 Å². The second kappa shape index (κ2) is 7.70. The Bertz CT molecular complexity index is 301. The van der Waals surface area contributed by atoms with E-state index in [1.807, 2.05) is 37.3 Å². The monoisotopic (exact) mass is 222 g/mol. The molecule has 1 aromatic rings. The molecule has 0 bridgehead atoms. The molecule has 4 nitrogen and oxygen atoms in total. The first-order valence-electron chi connectivity index (χ1n) is 5.48. The number of likely N-dealkylation sites (N-methyl/N-ethyl adjacent to an activating group) is 1. The summed E-state index contributed by atoms with van der Waals surface area (Å²) in [6, 6.07) is 9.61. The van der Waals surface area contributed by atoms with Gasteiger partial charge in [0.2, 0.25) is 5.91 Å². The van der Waals surface area contributed by atoms with Crippen molar-refractivity contribution in [3.63, 3.8) is 0 Å². The fourth-order valence-corrected chi connectivity index (χ4v) is 1.22. The van der Waals surface area contributed by atoms with Crippen molar-refractivity contribution in [2.45, 2.75) is 6.92 Å². The summed E-state index contributed by atoms with van der Waals surface area (Å²) in [7, 11) is 0. The van der Waals surface area contributed by atoms with Crippen molar-refractivity contribution in [3.05, 3.63) is 30.3 Å². The zero-order chi connectivity index (χ0) is 11.6. The number of rotatable bonds is 7. The predicted molar refractivity (Wildman–Crippen MR) is 63.5 cm³/mol. The Morgan fingerprint density at radius 1 is 1.31 bits per heavy atom. The Kier molecular flexibility index (Phi) is 6.03. The lowest BCUT2D eigenvalue weighted by Crippen LogP contribution is -2.35. The standard InChI is InChI=1S/C12H18N2O2/c1-2-14-12(15)10-13-8-9-16-11-6-4-3-5-7-11/h3-7,13H,2,8-10H2,1H3,(H,14,15). The maximum atomic E-state index is 11.1. The molecule has 0 fully saturated rings. The van der Waals surface area contributed by atoms with E-state index in [9.17, 15) is 4.79 Å². The first kappa shape index (κ1) is 12.5. The van der Waals surface area contributed by atoms with Crippen molar-refractivity contribution in [2.24, 2.45) is 0 Å².